The van der Waals surface area contributed by atoms with Gasteiger partial charge in [-0.05, 0) is 174 Å². The van der Waals surface area contributed by atoms with Gasteiger partial charge in [-0.2, -0.15) is 0 Å². The molecule has 0 spiro atoms. The normalized spacial score (nSPS) is 12.3. The van der Waals surface area contributed by atoms with Crippen LogP contribution >= 0.6 is 0 Å². The maximum absolute atomic E-state index is 5.17. The largest absolute Gasteiger partial charge is 0.311 e. The van der Waals surface area contributed by atoms with Gasteiger partial charge in [0.2, 0.25) is 0 Å². The quantitative estimate of drug-likeness (QED) is 0.0853. The van der Waals surface area contributed by atoms with Crippen molar-refractivity contribution in [2.75, 3.05) is 9.80 Å². The highest BCUT2D eigenvalue weighted by Crippen LogP contribution is 2.59. The molecule has 0 N–H and O–H groups in total. The van der Waals surface area contributed by atoms with E-state index in [1.807, 2.05) is 24.3 Å². The lowest BCUT2D eigenvalue weighted by Gasteiger charge is -2.34. The van der Waals surface area contributed by atoms with E-state index in [2.05, 4.69) is 483 Å². The van der Waals surface area contributed by atoms with Gasteiger partial charge in [-0.25, -0.2) is 19.9 Å². The van der Waals surface area contributed by atoms with Crippen molar-refractivity contribution >= 4 is 34.1 Å². The van der Waals surface area contributed by atoms with Crippen molar-refractivity contribution in [1.82, 2.24) is 19.9 Å². The lowest BCUT2D eigenvalue weighted by atomic mass is 9.67. The first-order valence-corrected chi connectivity index (χ1v) is 42.3. The van der Waals surface area contributed by atoms with Crippen molar-refractivity contribution in [3.8, 4) is 112 Å². The third-order valence-corrected chi connectivity index (χ3v) is 24.4. The zero-order chi connectivity index (χ0) is 82.6. The molecule has 0 aliphatic heterocycles. The molecule has 20 aromatic rings. The third kappa shape index (κ3) is 14.0. The lowest BCUT2D eigenvalue weighted by Crippen LogP contribution is -2.28. The fraction of sp³-hybridized carbons (Fsp3) is 0.0169. The van der Waals surface area contributed by atoms with E-state index in [0.717, 1.165) is 90.3 Å². The average Bonchev–Trinajstić information content (AvgIpc) is 1.53. The molecule has 0 radical (unpaired) electrons. The molecule has 6 nitrogen and oxygen atoms in total. The predicted molar refractivity (Wildman–Crippen MR) is 512 cm³/mol. The summed E-state index contributed by atoms with van der Waals surface area (Å²) >= 11 is 0. The third-order valence-electron chi connectivity index (χ3n) is 24.4. The second-order valence-electron chi connectivity index (χ2n) is 31.5. The van der Waals surface area contributed by atoms with Crippen LogP contribution in [0.2, 0.25) is 0 Å². The van der Waals surface area contributed by atoms with E-state index in [9.17, 15) is 0 Å². The minimum Gasteiger partial charge on any atom is -0.311 e. The summed E-state index contributed by atoms with van der Waals surface area (Å²) in [6, 6.07) is 178. The molecule has 2 aliphatic carbocycles. The number of fused-ring (bicyclic) bond motifs is 6. The Hall–Kier alpha value is -16.3. The van der Waals surface area contributed by atoms with E-state index >= 15 is 0 Å². The minimum atomic E-state index is -0.592. The van der Waals surface area contributed by atoms with E-state index in [1.165, 1.54) is 89.0 Å². The Labute approximate surface area is 724 Å². The lowest BCUT2D eigenvalue weighted by molar-refractivity contribution is 0.768. The Morgan fingerprint density at radius 3 is 0.573 bits per heavy atom. The number of benzene rings is 18. The minimum absolute atomic E-state index is 0.545. The molecule has 18 aromatic carbocycles. The van der Waals surface area contributed by atoms with Crippen LogP contribution in [-0.2, 0) is 10.8 Å². The molecular weight excluding hydrogens is 1500 g/mol. The van der Waals surface area contributed by atoms with Gasteiger partial charge in [-0.15, -0.1) is 0 Å². The Morgan fingerprint density at radius 2 is 0.323 bits per heavy atom. The smallest absolute Gasteiger partial charge is 0.160 e. The van der Waals surface area contributed by atoms with Gasteiger partial charge in [0.1, 0.15) is 0 Å². The van der Waals surface area contributed by atoms with E-state index < -0.39 is 10.8 Å². The van der Waals surface area contributed by atoms with E-state index in [4.69, 9.17) is 19.9 Å². The number of para-hydroxylation sites is 2. The number of rotatable bonds is 18. The first-order valence-electron chi connectivity index (χ1n) is 42.3. The van der Waals surface area contributed by atoms with Gasteiger partial charge in [0.05, 0.1) is 33.6 Å². The molecule has 0 amide bonds. The van der Waals surface area contributed by atoms with Gasteiger partial charge in [0, 0.05) is 67.5 Å². The van der Waals surface area contributed by atoms with Crippen molar-refractivity contribution in [3.05, 3.63) is 542 Å². The molecule has 584 valence electrons. The monoisotopic (exact) mass is 1580 g/mol. The Morgan fingerprint density at radius 1 is 0.145 bits per heavy atom. The zero-order valence-corrected chi connectivity index (χ0v) is 68.0. The summed E-state index contributed by atoms with van der Waals surface area (Å²) in [4.78, 5) is 25.3. The number of hydrogen-bond donors (Lipinski definition) is 0. The molecule has 0 saturated carbocycles. The summed E-state index contributed by atoms with van der Waals surface area (Å²) in [5.74, 6) is 1.39. The summed E-state index contributed by atoms with van der Waals surface area (Å²) in [5.41, 5.74) is 34.8. The summed E-state index contributed by atoms with van der Waals surface area (Å²) in [5, 5.41) is 0. The molecule has 2 aliphatic rings. The van der Waals surface area contributed by atoms with Gasteiger partial charge in [-0.1, -0.05) is 413 Å². The standard InChI is InChI=1S/C65H45N3.C53H37N3/c1-5-17-46(18-6-1)48-31-39-55(40-32-48)68(56-41-33-49(34-42-56)47-19-7-2-8-20-47)57-43-37-54(38-44-57)65(60-27-15-13-25-58(60)59-26-14-16-28-61(59)65)53-35-29-52(30-36-53)64-66-62(50-21-9-3-10-22-50)45-63(67-64)51-23-11-4-12-24-51;1-5-17-38(18-6-1)50-37-51(39-19-7-2-8-20-39)55-52(54-50)40-29-31-41(32-30-40)53(48-27-15-13-25-46(48)47-26-14-16-28-49(47)53)42-33-35-45(36-34-42)56(43-21-9-3-10-22-43)44-23-11-4-12-24-44/h1-45H;1-37H. The van der Waals surface area contributed by atoms with Crippen molar-refractivity contribution in [1.29, 1.82) is 0 Å². The van der Waals surface area contributed by atoms with E-state index in [1.54, 1.807) is 0 Å². The van der Waals surface area contributed by atoms with Crippen LogP contribution in [-0.4, -0.2) is 19.9 Å². The SMILES string of the molecule is c1ccc(-c2cc(-c3ccccc3)nc(-c3ccc(C4(c5ccc(N(c6ccccc6)c6ccccc6)cc5)c5ccccc5-c5ccccc54)cc3)n2)cc1.c1ccc(-c2ccc(N(c3ccc(-c4ccccc4)cc3)c3ccc(C4(c5ccc(-c6nc(-c7ccccc7)cc(-c7ccccc7)n6)cc5)c5ccccc5-c5ccccc54)cc3)cc2)cc1. The Bertz CT molecular complexity index is 6800. The fourth-order valence-corrected chi connectivity index (χ4v) is 18.6. The molecule has 0 unspecified atom stereocenters. The van der Waals surface area contributed by atoms with Crippen LogP contribution in [0.3, 0.4) is 0 Å². The highest BCUT2D eigenvalue weighted by atomic mass is 15.1. The predicted octanol–water partition coefficient (Wildman–Crippen LogP) is 30.0. The molecule has 0 fully saturated rings. The van der Waals surface area contributed by atoms with Gasteiger partial charge < -0.3 is 9.80 Å². The van der Waals surface area contributed by atoms with Gasteiger partial charge in [0.25, 0.3) is 0 Å². The van der Waals surface area contributed by atoms with Gasteiger partial charge in [-0.3, -0.25) is 0 Å². The maximum atomic E-state index is 5.17. The Balaban J connectivity index is 0.000000155. The van der Waals surface area contributed by atoms with Crippen LogP contribution in [0.25, 0.3) is 112 Å². The van der Waals surface area contributed by atoms with Crippen LogP contribution in [0.1, 0.15) is 44.5 Å². The average molecular weight is 1580 g/mol. The van der Waals surface area contributed by atoms with Crippen molar-refractivity contribution in [2.45, 2.75) is 10.8 Å². The summed E-state index contributed by atoms with van der Waals surface area (Å²) < 4.78 is 0. The molecular formula is C118H82N6. The fourth-order valence-electron chi connectivity index (χ4n) is 18.6. The molecule has 2 aromatic heterocycles. The summed E-state index contributed by atoms with van der Waals surface area (Å²) in [6.07, 6.45) is 0. The van der Waals surface area contributed by atoms with E-state index in [-0.39, 0.29) is 0 Å². The van der Waals surface area contributed by atoms with Crippen molar-refractivity contribution in [2.24, 2.45) is 0 Å². The summed E-state index contributed by atoms with van der Waals surface area (Å²) in [7, 11) is 0. The first-order chi connectivity index (χ1) is 61.5. The molecule has 0 saturated heterocycles. The van der Waals surface area contributed by atoms with Gasteiger partial charge in [0.15, 0.2) is 11.6 Å². The molecule has 2 heterocycles. The number of anilines is 6. The van der Waals surface area contributed by atoms with Crippen LogP contribution in [0, 0.1) is 0 Å². The molecule has 124 heavy (non-hydrogen) atoms. The molecule has 0 bridgehead atoms. The number of nitrogens with zero attached hydrogens (tertiary/aromatic N) is 6. The van der Waals surface area contributed by atoms with Gasteiger partial charge >= 0.3 is 0 Å². The first kappa shape index (κ1) is 75.2. The second kappa shape index (κ2) is 33.1. The summed E-state index contributed by atoms with van der Waals surface area (Å²) in [6.45, 7) is 0. The van der Waals surface area contributed by atoms with Crippen LogP contribution < -0.4 is 9.80 Å². The highest BCUT2D eigenvalue weighted by molar-refractivity contribution is 5.90. The molecule has 0 atom stereocenters. The van der Waals surface area contributed by atoms with Crippen LogP contribution in [0.5, 0.6) is 0 Å². The van der Waals surface area contributed by atoms with Crippen LogP contribution in [0.4, 0.5) is 34.1 Å². The Kier molecular flexibility index (Phi) is 20.1. The van der Waals surface area contributed by atoms with Crippen LogP contribution in [0.15, 0.2) is 497 Å². The topological polar surface area (TPSA) is 58.0 Å². The number of aromatic nitrogens is 4. The van der Waals surface area contributed by atoms with Crippen molar-refractivity contribution in [3.63, 3.8) is 0 Å². The van der Waals surface area contributed by atoms with Crippen molar-refractivity contribution < 1.29 is 0 Å². The highest BCUT2D eigenvalue weighted by Gasteiger charge is 2.48. The maximum Gasteiger partial charge on any atom is 0.160 e. The zero-order valence-electron chi connectivity index (χ0n) is 68.0. The second-order valence-corrected chi connectivity index (χ2v) is 31.5. The van der Waals surface area contributed by atoms with E-state index in [0.29, 0.717) is 11.6 Å². The number of hydrogen-bond acceptors (Lipinski definition) is 6. The molecule has 22 rings (SSSR count). The molecule has 6 heteroatoms.